The van der Waals surface area contributed by atoms with Crippen LogP contribution in [0.1, 0.15) is 104 Å². The van der Waals surface area contributed by atoms with E-state index in [2.05, 4.69) is 34.6 Å². The molecule has 0 amide bonds. The summed E-state index contributed by atoms with van der Waals surface area (Å²) in [5, 5.41) is 0. The molecule has 0 aliphatic heterocycles. The lowest BCUT2D eigenvalue weighted by atomic mass is 9.73. The third-order valence-corrected chi connectivity index (χ3v) is 9.17. The van der Waals surface area contributed by atoms with Crippen LogP contribution in [0.2, 0.25) is 0 Å². The average Bonchev–Trinajstić information content (AvgIpc) is 2.78. The van der Waals surface area contributed by atoms with Crippen molar-refractivity contribution in [2.45, 2.75) is 112 Å². The first kappa shape index (κ1) is 24.5. The van der Waals surface area contributed by atoms with E-state index >= 15 is 0 Å². The summed E-state index contributed by atoms with van der Waals surface area (Å²) >= 11 is 0. The third kappa shape index (κ3) is 6.42. The standard InChI is InChI=1S/C29H44F2/c1-19-20(2)22(4)28(23(5)21(19)3)18-27-14-12-25(13-15-27)7-6-24-8-10-26(11-9-24)16-17-29(30)31/h17,24-27H,6-16,18H2,1-5H3. The van der Waals surface area contributed by atoms with Gasteiger partial charge in [0.25, 0.3) is 6.08 Å². The molecule has 0 spiro atoms. The molecular formula is C29H44F2. The molecule has 1 aromatic rings. The van der Waals surface area contributed by atoms with Gasteiger partial charge in [-0.15, -0.1) is 0 Å². The van der Waals surface area contributed by atoms with E-state index in [1.54, 1.807) is 5.56 Å². The lowest BCUT2D eigenvalue weighted by Crippen LogP contribution is -2.19. The van der Waals surface area contributed by atoms with Gasteiger partial charge in [0.15, 0.2) is 0 Å². The van der Waals surface area contributed by atoms with Gasteiger partial charge in [-0.3, -0.25) is 0 Å². The minimum absolute atomic E-state index is 0.495. The van der Waals surface area contributed by atoms with Gasteiger partial charge in [0.1, 0.15) is 0 Å². The van der Waals surface area contributed by atoms with Crippen LogP contribution < -0.4 is 0 Å². The molecule has 0 N–H and O–H groups in total. The van der Waals surface area contributed by atoms with Gasteiger partial charge in [0.05, 0.1) is 0 Å². The Morgan fingerprint density at radius 1 is 0.613 bits per heavy atom. The van der Waals surface area contributed by atoms with Gasteiger partial charge in [0, 0.05) is 0 Å². The maximum Gasteiger partial charge on any atom is 0.266 e. The monoisotopic (exact) mass is 430 g/mol. The summed E-state index contributed by atoms with van der Waals surface area (Å²) in [6.07, 6.45) is 14.6. The fourth-order valence-electron chi connectivity index (χ4n) is 6.38. The second-order valence-electron chi connectivity index (χ2n) is 10.9. The zero-order valence-corrected chi connectivity index (χ0v) is 20.6. The van der Waals surface area contributed by atoms with E-state index < -0.39 is 6.08 Å². The molecule has 0 saturated heterocycles. The maximum absolute atomic E-state index is 12.3. The highest BCUT2D eigenvalue weighted by atomic mass is 19.3. The molecule has 0 aromatic heterocycles. The molecule has 3 rings (SSSR count). The van der Waals surface area contributed by atoms with Crippen LogP contribution in [-0.2, 0) is 6.42 Å². The summed E-state index contributed by atoms with van der Waals surface area (Å²) in [5.41, 5.74) is 9.15. The molecule has 2 aliphatic carbocycles. The van der Waals surface area contributed by atoms with Crippen molar-refractivity contribution in [1.82, 2.24) is 0 Å². The zero-order valence-electron chi connectivity index (χ0n) is 20.6. The predicted molar refractivity (Wildman–Crippen MR) is 129 cm³/mol. The van der Waals surface area contributed by atoms with Crippen LogP contribution >= 0.6 is 0 Å². The summed E-state index contributed by atoms with van der Waals surface area (Å²) in [4.78, 5) is 0. The molecule has 0 unspecified atom stereocenters. The summed E-state index contributed by atoms with van der Waals surface area (Å²) in [6.45, 7) is 11.5. The van der Waals surface area contributed by atoms with Crippen molar-refractivity contribution in [3.05, 3.63) is 45.5 Å². The summed E-state index contributed by atoms with van der Waals surface area (Å²) in [7, 11) is 0. The Labute approximate surface area is 189 Å². The van der Waals surface area contributed by atoms with Gasteiger partial charge < -0.3 is 0 Å². The second-order valence-corrected chi connectivity index (χ2v) is 10.9. The van der Waals surface area contributed by atoms with Crippen LogP contribution in [0.15, 0.2) is 12.2 Å². The minimum atomic E-state index is -1.50. The number of hydrogen-bond acceptors (Lipinski definition) is 0. The first-order chi connectivity index (χ1) is 14.8. The van der Waals surface area contributed by atoms with Gasteiger partial charge in [-0.2, -0.15) is 8.78 Å². The van der Waals surface area contributed by atoms with Crippen LogP contribution in [0.5, 0.6) is 0 Å². The van der Waals surface area contributed by atoms with Gasteiger partial charge in [-0.05, 0) is 136 Å². The fourth-order valence-corrected chi connectivity index (χ4v) is 6.38. The molecule has 2 saturated carbocycles. The first-order valence-corrected chi connectivity index (χ1v) is 12.8. The molecule has 2 heteroatoms. The van der Waals surface area contributed by atoms with E-state index in [1.807, 2.05) is 0 Å². The molecule has 2 fully saturated rings. The topological polar surface area (TPSA) is 0 Å². The van der Waals surface area contributed by atoms with E-state index in [4.69, 9.17) is 0 Å². The van der Waals surface area contributed by atoms with Crippen molar-refractivity contribution >= 4 is 0 Å². The maximum atomic E-state index is 12.3. The number of rotatable bonds is 7. The molecule has 0 heterocycles. The van der Waals surface area contributed by atoms with Crippen LogP contribution in [0.25, 0.3) is 0 Å². The van der Waals surface area contributed by atoms with Gasteiger partial charge in [0.2, 0.25) is 0 Å². The molecule has 0 atom stereocenters. The zero-order chi connectivity index (χ0) is 22.5. The highest BCUT2D eigenvalue weighted by Crippen LogP contribution is 2.39. The van der Waals surface area contributed by atoms with Crippen molar-refractivity contribution in [2.75, 3.05) is 0 Å². The van der Waals surface area contributed by atoms with Gasteiger partial charge in [-0.1, -0.05) is 38.5 Å². The fraction of sp³-hybridized carbons (Fsp3) is 0.724. The highest BCUT2D eigenvalue weighted by molar-refractivity contribution is 5.49. The first-order valence-electron chi connectivity index (χ1n) is 12.8. The van der Waals surface area contributed by atoms with Gasteiger partial charge in [-0.25, -0.2) is 0 Å². The summed E-state index contributed by atoms with van der Waals surface area (Å²) < 4.78 is 24.6. The second kappa shape index (κ2) is 11.1. The molecule has 0 radical (unpaired) electrons. The molecule has 0 bridgehead atoms. The highest BCUT2D eigenvalue weighted by Gasteiger charge is 2.26. The molecule has 1 aromatic carbocycles. The van der Waals surface area contributed by atoms with E-state index in [0.29, 0.717) is 12.3 Å². The number of halogens is 2. The quantitative estimate of drug-likeness (QED) is 0.404. The third-order valence-electron chi connectivity index (χ3n) is 9.17. The SMILES string of the molecule is Cc1c(C)c(C)c(CC2CCC(CCC3CCC(CC=C(F)F)CC3)CC2)c(C)c1C. The normalized spacial score (nSPS) is 26.7. The molecular weight excluding hydrogens is 386 g/mol. The van der Waals surface area contributed by atoms with Crippen molar-refractivity contribution in [1.29, 1.82) is 0 Å². The minimum Gasteiger partial charge on any atom is -0.174 e. The Balaban J connectivity index is 1.41. The Bertz CT molecular complexity index is 726. The molecule has 0 nitrogen and oxygen atoms in total. The largest absolute Gasteiger partial charge is 0.266 e. The molecule has 174 valence electrons. The number of allylic oxidation sites excluding steroid dienone is 1. The Kier molecular flexibility index (Phi) is 8.76. The Morgan fingerprint density at radius 3 is 1.45 bits per heavy atom. The van der Waals surface area contributed by atoms with Crippen LogP contribution in [0.3, 0.4) is 0 Å². The van der Waals surface area contributed by atoms with Crippen molar-refractivity contribution in [3.8, 4) is 0 Å². The van der Waals surface area contributed by atoms with E-state index in [1.165, 1.54) is 85.6 Å². The van der Waals surface area contributed by atoms with Crippen LogP contribution in [0.4, 0.5) is 8.78 Å². The van der Waals surface area contributed by atoms with E-state index in [0.717, 1.165) is 36.7 Å². The lowest BCUT2D eigenvalue weighted by Gasteiger charge is -2.32. The van der Waals surface area contributed by atoms with Crippen LogP contribution in [-0.4, -0.2) is 0 Å². The van der Waals surface area contributed by atoms with Gasteiger partial charge >= 0.3 is 0 Å². The summed E-state index contributed by atoms with van der Waals surface area (Å²) in [6, 6.07) is 0. The lowest BCUT2D eigenvalue weighted by molar-refractivity contribution is 0.216. The smallest absolute Gasteiger partial charge is 0.174 e. The van der Waals surface area contributed by atoms with Crippen molar-refractivity contribution in [3.63, 3.8) is 0 Å². The van der Waals surface area contributed by atoms with E-state index in [9.17, 15) is 8.78 Å². The molecule has 2 aliphatic rings. The van der Waals surface area contributed by atoms with Crippen molar-refractivity contribution < 1.29 is 8.78 Å². The van der Waals surface area contributed by atoms with Crippen molar-refractivity contribution in [2.24, 2.45) is 23.7 Å². The number of hydrogen-bond donors (Lipinski definition) is 0. The predicted octanol–water partition coefficient (Wildman–Crippen LogP) is 9.33. The Morgan fingerprint density at radius 2 is 1.00 bits per heavy atom. The number of benzene rings is 1. The van der Waals surface area contributed by atoms with E-state index in [-0.39, 0.29) is 0 Å². The Hall–Kier alpha value is -1.18. The summed E-state index contributed by atoms with van der Waals surface area (Å²) in [5.74, 6) is 3.11. The van der Waals surface area contributed by atoms with Crippen LogP contribution in [0, 0.1) is 58.3 Å². The molecule has 31 heavy (non-hydrogen) atoms. The average molecular weight is 431 g/mol.